The number of ether oxygens (including phenoxy) is 2. The number of anilines is 1. The van der Waals surface area contributed by atoms with Gasteiger partial charge in [-0.05, 0) is 44.9 Å². The lowest BCUT2D eigenvalue weighted by Crippen LogP contribution is -2.31. The molecular weight excluding hydrogens is 551 g/mol. The second-order valence-corrected chi connectivity index (χ2v) is 9.90. The molecule has 2 aromatic heterocycles. The Hall–Kier alpha value is -3.00. The highest BCUT2D eigenvalue weighted by Crippen LogP contribution is 2.35. The number of hydrogen-bond donors (Lipinski definition) is 2. The maximum absolute atomic E-state index is 13.0. The predicted octanol–water partition coefficient (Wildman–Crippen LogP) is 4.55. The van der Waals surface area contributed by atoms with Gasteiger partial charge in [0.2, 0.25) is 0 Å². The van der Waals surface area contributed by atoms with Crippen LogP contribution < -0.4 is 15.4 Å². The predicted molar refractivity (Wildman–Crippen MR) is 145 cm³/mol. The third-order valence-electron chi connectivity index (χ3n) is 6.77. The van der Waals surface area contributed by atoms with E-state index in [1.807, 2.05) is 13.8 Å². The Labute approximate surface area is 236 Å². The van der Waals surface area contributed by atoms with Crippen LogP contribution in [0, 0.1) is 18.8 Å². The van der Waals surface area contributed by atoms with Gasteiger partial charge in [-0.2, -0.15) is 26.7 Å². The fourth-order valence-corrected chi connectivity index (χ4v) is 4.65. The van der Waals surface area contributed by atoms with Crippen molar-refractivity contribution < 1.29 is 35.9 Å². The van der Waals surface area contributed by atoms with Crippen LogP contribution in [0.5, 0.6) is 5.75 Å². The molecule has 1 amide bonds. The molecule has 1 fully saturated rings. The van der Waals surface area contributed by atoms with E-state index in [1.54, 1.807) is 24.1 Å². The van der Waals surface area contributed by atoms with Crippen LogP contribution in [0.25, 0.3) is 11.3 Å². The molecule has 14 heteroatoms. The molecule has 0 atom stereocenters. The zero-order valence-corrected chi connectivity index (χ0v) is 24.1. The third kappa shape index (κ3) is 10.2. The van der Waals surface area contributed by atoms with Crippen LogP contribution in [0.2, 0.25) is 0 Å². The normalized spacial score (nSPS) is 17.0. The summed E-state index contributed by atoms with van der Waals surface area (Å²) >= 11 is -0.750. The highest BCUT2D eigenvalue weighted by atomic mass is 32.1. The molecule has 2 aromatic rings. The van der Waals surface area contributed by atoms with E-state index >= 15 is 0 Å². The summed E-state index contributed by atoms with van der Waals surface area (Å²) < 4.78 is 65.1. The largest absolute Gasteiger partial charge is 0.496 e. The number of hydrogen-bond acceptors (Lipinski definition) is 8. The molecule has 224 valence electrons. The van der Waals surface area contributed by atoms with Gasteiger partial charge in [-0.3, -0.25) is 9.48 Å². The Morgan fingerprint density at radius 2 is 1.90 bits per heavy atom. The minimum Gasteiger partial charge on any atom is -0.496 e. The number of rotatable bonds is 12. The topological polar surface area (TPSA) is 124 Å². The molecule has 0 unspecified atom stereocenters. The summed E-state index contributed by atoms with van der Waals surface area (Å²) in [6.07, 6.45) is 2.41. The number of aryl methyl sites for hydroxylation is 1. The number of nitrogens with zero attached hydrogens (tertiary/aromatic N) is 3. The average Bonchev–Trinajstić information content (AvgIpc) is 3.25. The van der Waals surface area contributed by atoms with Crippen LogP contribution >= 0.6 is 0 Å². The second kappa shape index (κ2) is 16.3. The molecule has 40 heavy (non-hydrogen) atoms. The van der Waals surface area contributed by atoms with E-state index in [2.05, 4.69) is 32.4 Å². The van der Waals surface area contributed by atoms with Crippen LogP contribution in [-0.4, -0.2) is 68.7 Å². The van der Waals surface area contributed by atoms with Gasteiger partial charge in [-0.25, -0.2) is 4.98 Å². The number of alkyl halides is 3. The zero-order chi connectivity index (χ0) is 29.7. The number of methoxy groups -OCH3 is 1. The molecule has 0 bridgehead atoms. The molecule has 2 N–H and O–H groups in total. The van der Waals surface area contributed by atoms with Crippen molar-refractivity contribution in [2.24, 2.45) is 11.8 Å². The van der Waals surface area contributed by atoms with E-state index in [-0.39, 0.29) is 12.5 Å². The summed E-state index contributed by atoms with van der Waals surface area (Å²) in [6.45, 7) is 6.45. The minimum absolute atomic E-state index is 0.0126. The lowest BCUT2D eigenvalue weighted by atomic mass is 9.83. The van der Waals surface area contributed by atoms with Crippen LogP contribution in [0.1, 0.15) is 62.0 Å². The van der Waals surface area contributed by atoms with Gasteiger partial charge >= 0.3 is 17.7 Å². The molecule has 2 heterocycles. The van der Waals surface area contributed by atoms with Crippen molar-refractivity contribution in [3.63, 3.8) is 0 Å². The third-order valence-corrected chi connectivity index (χ3v) is 6.77. The maximum Gasteiger partial charge on any atom is 0.411 e. The van der Waals surface area contributed by atoms with Crippen LogP contribution in [-0.2, 0) is 22.9 Å². The van der Waals surface area contributed by atoms with Gasteiger partial charge in [0.15, 0.2) is 5.69 Å². The number of nitrogens with one attached hydrogen (secondary N) is 2. The van der Waals surface area contributed by atoms with Crippen molar-refractivity contribution >= 4 is 23.3 Å². The molecule has 0 aliphatic heterocycles. The van der Waals surface area contributed by atoms with Gasteiger partial charge in [0.05, 0.1) is 18.4 Å². The summed E-state index contributed by atoms with van der Waals surface area (Å²) in [6, 6.07) is 1.72. The van der Waals surface area contributed by atoms with E-state index in [0.29, 0.717) is 54.8 Å². The highest BCUT2D eigenvalue weighted by Gasteiger charge is 2.27. The van der Waals surface area contributed by atoms with Crippen molar-refractivity contribution in [2.75, 3.05) is 38.7 Å². The fraction of sp³-hybridized carbons (Fsp3) is 0.654. The first-order chi connectivity index (χ1) is 19.0. The monoisotopic (exact) mass is 589 g/mol. The molecule has 1 aliphatic rings. The Balaban J connectivity index is 0.00000178. The number of carbonyl (C=O) groups is 1. The smallest absolute Gasteiger partial charge is 0.411 e. The van der Waals surface area contributed by atoms with Gasteiger partial charge in [0, 0.05) is 44.1 Å². The van der Waals surface area contributed by atoms with Crippen molar-refractivity contribution in [1.82, 2.24) is 20.1 Å². The number of halogens is 3. The molecule has 1 aliphatic carbocycles. The highest BCUT2D eigenvalue weighted by molar-refractivity contribution is 7.51. The summed E-state index contributed by atoms with van der Waals surface area (Å²) in [4.78, 5) is 17.5. The Morgan fingerprint density at radius 3 is 2.50 bits per heavy atom. The first-order valence-corrected chi connectivity index (χ1v) is 13.9. The fourth-order valence-electron chi connectivity index (χ4n) is 4.65. The molecule has 0 radical (unpaired) electrons. The van der Waals surface area contributed by atoms with Crippen LogP contribution in [0.3, 0.4) is 0 Å². The molecule has 0 saturated heterocycles. The van der Waals surface area contributed by atoms with E-state index in [1.165, 1.54) is 12.8 Å². The first kappa shape index (κ1) is 33.2. The van der Waals surface area contributed by atoms with Gasteiger partial charge in [0.25, 0.3) is 5.91 Å². The number of amides is 1. The molecule has 10 nitrogen and oxygen atoms in total. The van der Waals surface area contributed by atoms with Crippen molar-refractivity contribution in [3.8, 4) is 17.0 Å². The summed E-state index contributed by atoms with van der Waals surface area (Å²) in [5.74, 6) is 2.17. The second-order valence-electron chi connectivity index (χ2n) is 9.76. The zero-order valence-electron chi connectivity index (χ0n) is 23.3. The van der Waals surface area contributed by atoms with E-state index in [9.17, 15) is 18.0 Å². The standard InChI is InChI=1S/C26H38F3N5O3.O2S/c1-5-34-24(18(3)23(33-34)25(35)32-14-19-9-7-17(2)8-10-19)20-15-31-22(13-21(20)36-4)30-11-6-12-37-16-26(27,28)29;1-3-2/h13,15,17,19H,5-12,14,16H2,1-4H3,(H,30,31)(H,32,35);. The average molecular weight is 590 g/mol. The first-order valence-electron chi connectivity index (χ1n) is 13.2. The summed E-state index contributed by atoms with van der Waals surface area (Å²) in [5, 5.41) is 10.7. The molecule has 0 spiro atoms. The number of carbonyl (C=O) groups excluding carboxylic acids is 1. The number of pyridine rings is 1. The Morgan fingerprint density at radius 1 is 1.23 bits per heavy atom. The molecule has 1 saturated carbocycles. The van der Waals surface area contributed by atoms with Crippen molar-refractivity contribution in [1.29, 1.82) is 0 Å². The SMILES string of the molecule is CCn1nc(C(=O)NCC2CCC(C)CC2)c(C)c1-c1cnc(NCCCOCC(F)(F)F)cc1OC.O=S=O. The molecule has 0 aromatic carbocycles. The Kier molecular flexibility index (Phi) is 13.5. The lowest BCUT2D eigenvalue weighted by Gasteiger charge is -2.26. The van der Waals surface area contributed by atoms with Crippen molar-refractivity contribution in [3.05, 3.63) is 23.5 Å². The van der Waals surface area contributed by atoms with Crippen LogP contribution in [0.15, 0.2) is 12.3 Å². The van der Waals surface area contributed by atoms with E-state index in [4.69, 9.17) is 13.2 Å². The molecule has 3 rings (SSSR count). The van der Waals surface area contributed by atoms with E-state index < -0.39 is 24.4 Å². The van der Waals surface area contributed by atoms with E-state index in [0.717, 1.165) is 30.0 Å². The van der Waals surface area contributed by atoms with Gasteiger partial charge < -0.3 is 20.1 Å². The summed E-state index contributed by atoms with van der Waals surface area (Å²) in [7, 11) is 1.55. The Bertz CT molecular complexity index is 1130. The van der Waals surface area contributed by atoms with Crippen molar-refractivity contribution in [2.45, 2.75) is 65.6 Å². The van der Waals surface area contributed by atoms with Crippen LogP contribution in [0.4, 0.5) is 19.0 Å². The summed E-state index contributed by atoms with van der Waals surface area (Å²) in [5.41, 5.74) is 2.60. The molecular formula is C26H38F3N5O5S. The minimum atomic E-state index is -4.32. The maximum atomic E-state index is 13.0. The van der Waals surface area contributed by atoms with Gasteiger partial charge in [-0.15, -0.1) is 0 Å². The quantitative estimate of drug-likeness (QED) is 0.346. The number of aromatic nitrogens is 3. The lowest BCUT2D eigenvalue weighted by molar-refractivity contribution is -0.173. The van der Waals surface area contributed by atoms with Gasteiger partial charge in [-0.1, -0.05) is 19.8 Å². The van der Waals surface area contributed by atoms with Gasteiger partial charge in [0.1, 0.15) is 18.2 Å².